The molecule has 0 aromatic carbocycles. The van der Waals surface area contributed by atoms with Gasteiger partial charge in [-0.15, -0.1) is 0 Å². The average molecular weight is 332 g/mol. The first-order valence-electron chi connectivity index (χ1n) is 7.89. The topological polar surface area (TPSA) is 102 Å². The zero-order valence-corrected chi connectivity index (χ0v) is 13.5. The maximum atomic E-state index is 12.2. The lowest BCUT2D eigenvalue weighted by atomic mass is 10.2. The standard InChI is InChI=1S/C16H20N4O4/c1-23-13-10-20(9-12(13)21)15(22)4-2-3-14-18-16(19-24-14)11-5-7-17-8-6-11/h5-8,12-13,21H,2-4,9-10H2,1H3/t12-,13-/m0/s1. The number of hydrogen-bond donors (Lipinski definition) is 1. The SMILES string of the molecule is CO[C@H]1CN(C(=O)CCCc2nc(-c3ccncc3)no2)C[C@@H]1O. The third kappa shape index (κ3) is 3.77. The molecule has 0 radical (unpaired) electrons. The van der Waals surface area contributed by atoms with E-state index in [0.717, 1.165) is 5.56 Å². The first-order chi connectivity index (χ1) is 11.7. The van der Waals surface area contributed by atoms with Gasteiger partial charge in [-0.05, 0) is 18.6 Å². The molecule has 128 valence electrons. The van der Waals surface area contributed by atoms with Gasteiger partial charge < -0.3 is 19.3 Å². The number of aromatic nitrogens is 3. The van der Waals surface area contributed by atoms with Crippen molar-refractivity contribution in [1.29, 1.82) is 0 Å². The molecule has 1 saturated heterocycles. The molecule has 0 spiro atoms. The number of aryl methyl sites for hydroxylation is 1. The summed E-state index contributed by atoms with van der Waals surface area (Å²) in [6, 6.07) is 3.62. The van der Waals surface area contributed by atoms with Crippen molar-refractivity contribution in [2.24, 2.45) is 0 Å². The van der Waals surface area contributed by atoms with Crippen LogP contribution < -0.4 is 0 Å². The number of amides is 1. The lowest BCUT2D eigenvalue weighted by molar-refractivity contribution is -0.130. The predicted molar refractivity (Wildman–Crippen MR) is 83.9 cm³/mol. The Kier molecular flexibility index (Phi) is 5.17. The molecule has 2 aromatic rings. The van der Waals surface area contributed by atoms with E-state index in [2.05, 4.69) is 15.1 Å². The number of methoxy groups -OCH3 is 1. The fourth-order valence-electron chi connectivity index (χ4n) is 2.72. The minimum atomic E-state index is -0.613. The maximum absolute atomic E-state index is 12.2. The van der Waals surface area contributed by atoms with Gasteiger partial charge in [0.05, 0.1) is 6.10 Å². The molecule has 0 saturated carbocycles. The van der Waals surface area contributed by atoms with Crippen molar-refractivity contribution in [3.05, 3.63) is 30.4 Å². The Morgan fingerprint density at radius 1 is 1.42 bits per heavy atom. The molecule has 3 heterocycles. The zero-order chi connectivity index (χ0) is 16.9. The quantitative estimate of drug-likeness (QED) is 0.829. The Balaban J connectivity index is 1.47. The number of pyridine rings is 1. The summed E-state index contributed by atoms with van der Waals surface area (Å²) < 4.78 is 10.4. The van der Waals surface area contributed by atoms with E-state index in [1.807, 2.05) is 12.1 Å². The number of rotatable bonds is 6. The highest BCUT2D eigenvalue weighted by molar-refractivity contribution is 5.76. The second-order valence-electron chi connectivity index (χ2n) is 5.74. The van der Waals surface area contributed by atoms with Crippen molar-refractivity contribution in [3.8, 4) is 11.4 Å². The average Bonchev–Trinajstić information content (AvgIpc) is 3.22. The molecule has 3 rings (SSSR count). The van der Waals surface area contributed by atoms with Gasteiger partial charge in [-0.2, -0.15) is 4.98 Å². The lowest BCUT2D eigenvalue weighted by Crippen LogP contribution is -2.29. The van der Waals surface area contributed by atoms with Crippen LogP contribution in [0.5, 0.6) is 0 Å². The van der Waals surface area contributed by atoms with Gasteiger partial charge in [-0.3, -0.25) is 9.78 Å². The molecule has 1 amide bonds. The van der Waals surface area contributed by atoms with Crippen LogP contribution in [0.2, 0.25) is 0 Å². The van der Waals surface area contributed by atoms with Crippen LogP contribution in [0.25, 0.3) is 11.4 Å². The van der Waals surface area contributed by atoms with Crippen molar-refractivity contribution in [2.45, 2.75) is 31.5 Å². The van der Waals surface area contributed by atoms with Crippen LogP contribution in [0.4, 0.5) is 0 Å². The summed E-state index contributed by atoms with van der Waals surface area (Å²) in [6.45, 7) is 0.757. The number of likely N-dealkylation sites (tertiary alicyclic amines) is 1. The minimum absolute atomic E-state index is 0.00229. The molecule has 8 heteroatoms. The highest BCUT2D eigenvalue weighted by atomic mass is 16.5. The fourth-order valence-corrected chi connectivity index (χ4v) is 2.72. The van der Waals surface area contributed by atoms with Gasteiger partial charge in [-0.25, -0.2) is 0 Å². The third-order valence-electron chi connectivity index (χ3n) is 4.08. The van der Waals surface area contributed by atoms with E-state index in [9.17, 15) is 9.90 Å². The molecule has 0 unspecified atom stereocenters. The molecule has 0 aliphatic carbocycles. The van der Waals surface area contributed by atoms with Crippen LogP contribution in [-0.2, 0) is 16.0 Å². The number of β-amino-alcohol motifs (C(OH)–C–C–N with tert-alkyl or cyclic N) is 1. The summed E-state index contributed by atoms with van der Waals surface area (Å²) >= 11 is 0. The Morgan fingerprint density at radius 2 is 2.21 bits per heavy atom. The number of carbonyl (C=O) groups is 1. The first-order valence-corrected chi connectivity index (χ1v) is 7.89. The van der Waals surface area contributed by atoms with Crippen LogP contribution in [0, 0.1) is 0 Å². The minimum Gasteiger partial charge on any atom is -0.388 e. The van der Waals surface area contributed by atoms with Crippen LogP contribution in [0.3, 0.4) is 0 Å². The van der Waals surface area contributed by atoms with Crippen molar-refractivity contribution in [1.82, 2.24) is 20.0 Å². The van der Waals surface area contributed by atoms with Gasteiger partial charge in [0.25, 0.3) is 0 Å². The monoisotopic (exact) mass is 332 g/mol. The van der Waals surface area contributed by atoms with E-state index >= 15 is 0 Å². The molecule has 2 atom stereocenters. The van der Waals surface area contributed by atoms with E-state index in [1.165, 1.54) is 7.11 Å². The van der Waals surface area contributed by atoms with Crippen LogP contribution >= 0.6 is 0 Å². The lowest BCUT2D eigenvalue weighted by Gasteiger charge is -2.15. The van der Waals surface area contributed by atoms with Crippen LogP contribution in [0.1, 0.15) is 18.7 Å². The highest BCUT2D eigenvalue weighted by Crippen LogP contribution is 2.17. The number of carbonyl (C=O) groups excluding carboxylic acids is 1. The molecular weight excluding hydrogens is 312 g/mol. The number of hydrogen-bond acceptors (Lipinski definition) is 7. The summed E-state index contributed by atoms with van der Waals surface area (Å²) in [7, 11) is 1.54. The van der Waals surface area contributed by atoms with Gasteiger partial charge in [0.15, 0.2) is 0 Å². The number of ether oxygens (including phenoxy) is 1. The van der Waals surface area contributed by atoms with Gasteiger partial charge in [0, 0.05) is 51.0 Å². The second kappa shape index (κ2) is 7.50. The van der Waals surface area contributed by atoms with Crippen molar-refractivity contribution < 1.29 is 19.2 Å². The highest BCUT2D eigenvalue weighted by Gasteiger charge is 2.33. The Bertz CT molecular complexity index is 676. The summed E-state index contributed by atoms with van der Waals surface area (Å²) in [5.41, 5.74) is 0.840. The van der Waals surface area contributed by atoms with E-state index in [-0.39, 0.29) is 12.0 Å². The zero-order valence-electron chi connectivity index (χ0n) is 13.5. The second-order valence-corrected chi connectivity index (χ2v) is 5.74. The summed E-state index contributed by atoms with van der Waals surface area (Å²) in [4.78, 5) is 22.1. The summed E-state index contributed by atoms with van der Waals surface area (Å²) in [5, 5.41) is 13.7. The molecular formula is C16H20N4O4. The molecule has 1 fully saturated rings. The summed E-state index contributed by atoms with van der Waals surface area (Å²) in [5.74, 6) is 1.03. The fraction of sp³-hybridized carbons (Fsp3) is 0.500. The molecule has 24 heavy (non-hydrogen) atoms. The largest absolute Gasteiger partial charge is 0.388 e. The molecule has 2 aromatic heterocycles. The van der Waals surface area contributed by atoms with Crippen LogP contribution in [0.15, 0.2) is 29.0 Å². The molecule has 1 N–H and O–H groups in total. The Morgan fingerprint density at radius 3 is 2.92 bits per heavy atom. The Hall–Kier alpha value is -2.32. The maximum Gasteiger partial charge on any atom is 0.226 e. The number of aliphatic hydroxyl groups is 1. The van der Waals surface area contributed by atoms with E-state index in [1.54, 1.807) is 17.3 Å². The van der Waals surface area contributed by atoms with E-state index in [0.29, 0.717) is 44.1 Å². The van der Waals surface area contributed by atoms with Gasteiger partial charge in [0.2, 0.25) is 17.6 Å². The van der Waals surface area contributed by atoms with Crippen molar-refractivity contribution in [3.63, 3.8) is 0 Å². The van der Waals surface area contributed by atoms with Crippen molar-refractivity contribution >= 4 is 5.91 Å². The smallest absolute Gasteiger partial charge is 0.226 e. The van der Waals surface area contributed by atoms with E-state index in [4.69, 9.17) is 9.26 Å². The van der Waals surface area contributed by atoms with Gasteiger partial charge >= 0.3 is 0 Å². The van der Waals surface area contributed by atoms with Gasteiger partial charge in [-0.1, -0.05) is 5.16 Å². The normalized spacial score (nSPS) is 20.5. The first kappa shape index (κ1) is 16.5. The van der Waals surface area contributed by atoms with Crippen LogP contribution in [-0.4, -0.2) is 63.4 Å². The molecule has 1 aliphatic rings. The van der Waals surface area contributed by atoms with Gasteiger partial charge in [0.1, 0.15) is 6.10 Å². The number of nitrogens with zero attached hydrogens (tertiary/aromatic N) is 4. The molecule has 1 aliphatic heterocycles. The van der Waals surface area contributed by atoms with E-state index < -0.39 is 6.10 Å². The predicted octanol–water partition coefficient (Wildman–Crippen LogP) is 0.672. The number of aliphatic hydroxyl groups excluding tert-OH is 1. The van der Waals surface area contributed by atoms with Crippen molar-refractivity contribution in [2.75, 3.05) is 20.2 Å². The third-order valence-corrected chi connectivity index (χ3v) is 4.08. The summed E-state index contributed by atoms with van der Waals surface area (Å²) in [6.07, 6.45) is 3.94. The Labute approximate surface area is 139 Å². The molecule has 8 nitrogen and oxygen atoms in total. The molecule has 0 bridgehead atoms.